The average molecular weight is 245 g/mol. The van der Waals surface area contributed by atoms with Crippen molar-refractivity contribution in [2.45, 2.75) is 13.0 Å². The van der Waals surface area contributed by atoms with E-state index < -0.39 is 40.9 Å². The van der Waals surface area contributed by atoms with E-state index in [1.807, 2.05) is 0 Å². The van der Waals surface area contributed by atoms with Gasteiger partial charge in [-0.25, -0.2) is 13.6 Å². The summed E-state index contributed by atoms with van der Waals surface area (Å²) in [5.41, 5.74) is 4.30. The Morgan fingerprint density at radius 1 is 1.35 bits per heavy atom. The van der Waals surface area contributed by atoms with Gasteiger partial charge in [0, 0.05) is 0 Å². The van der Waals surface area contributed by atoms with E-state index in [9.17, 15) is 18.4 Å². The molecule has 17 heavy (non-hydrogen) atoms. The van der Waals surface area contributed by atoms with Crippen LogP contribution in [0.2, 0.25) is 0 Å². The van der Waals surface area contributed by atoms with Crippen LogP contribution in [0.3, 0.4) is 0 Å². The molecule has 0 spiro atoms. The fraction of sp³-hybridized carbons (Fsp3) is 0.200. The molecule has 0 aliphatic rings. The lowest BCUT2D eigenvalue weighted by Crippen LogP contribution is -2.31. The van der Waals surface area contributed by atoms with Gasteiger partial charge in [-0.3, -0.25) is 4.79 Å². The Morgan fingerprint density at radius 3 is 2.18 bits per heavy atom. The fourth-order valence-corrected chi connectivity index (χ4v) is 1.03. The summed E-state index contributed by atoms with van der Waals surface area (Å²) >= 11 is 0. The molecule has 5 nitrogen and oxygen atoms in total. The highest BCUT2D eigenvalue weighted by atomic mass is 19.1. The summed E-state index contributed by atoms with van der Waals surface area (Å²) in [6.07, 6.45) is -1.23. The number of hydrogen-bond donors (Lipinski definition) is 2. The van der Waals surface area contributed by atoms with Gasteiger partial charge in [0.25, 0.3) is 5.91 Å². The number of ether oxygens (including phenoxy) is 1. The normalized spacial score (nSPS) is 11.9. The molecule has 1 aromatic carbocycles. The molecule has 1 amide bonds. The minimum Gasteiger partial charge on any atom is -0.478 e. The van der Waals surface area contributed by atoms with Crippen LogP contribution in [0.5, 0.6) is 5.75 Å². The highest BCUT2D eigenvalue weighted by Gasteiger charge is 2.19. The van der Waals surface area contributed by atoms with Gasteiger partial charge in [0.2, 0.25) is 0 Å². The Kier molecular flexibility index (Phi) is 3.62. The van der Waals surface area contributed by atoms with Crippen molar-refractivity contribution in [2.75, 3.05) is 0 Å². The van der Waals surface area contributed by atoms with Gasteiger partial charge in [0.05, 0.1) is 5.56 Å². The molecule has 0 saturated carbocycles. The average Bonchev–Trinajstić information content (AvgIpc) is 2.22. The Morgan fingerprint density at radius 2 is 1.82 bits per heavy atom. The van der Waals surface area contributed by atoms with Gasteiger partial charge in [-0.15, -0.1) is 0 Å². The van der Waals surface area contributed by atoms with Crippen molar-refractivity contribution < 1.29 is 28.2 Å². The van der Waals surface area contributed by atoms with E-state index in [0.717, 1.165) is 0 Å². The van der Waals surface area contributed by atoms with Crippen LogP contribution < -0.4 is 10.5 Å². The second-order valence-electron chi connectivity index (χ2n) is 3.24. The molecular weight excluding hydrogens is 236 g/mol. The van der Waals surface area contributed by atoms with E-state index in [1.54, 1.807) is 0 Å². The van der Waals surface area contributed by atoms with E-state index in [4.69, 9.17) is 10.8 Å². The zero-order chi connectivity index (χ0) is 13.2. The molecule has 3 N–H and O–H groups in total. The first-order valence-corrected chi connectivity index (χ1v) is 4.51. The van der Waals surface area contributed by atoms with Gasteiger partial charge >= 0.3 is 5.97 Å². The topological polar surface area (TPSA) is 89.6 Å². The molecule has 1 atom stereocenters. The first kappa shape index (κ1) is 12.9. The molecule has 7 heteroatoms. The maximum atomic E-state index is 13.3. The van der Waals surface area contributed by atoms with Gasteiger partial charge in [-0.1, -0.05) is 0 Å². The number of amides is 1. The Balaban J connectivity index is 3.10. The molecule has 0 aliphatic carbocycles. The van der Waals surface area contributed by atoms with Crippen LogP contribution in [0.15, 0.2) is 12.1 Å². The second kappa shape index (κ2) is 4.77. The SMILES string of the molecule is CC(Oc1c(F)cc(C(=O)O)cc1F)C(N)=O. The number of halogens is 2. The molecule has 1 unspecified atom stereocenters. The number of carbonyl (C=O) groups is 2. The quantitative estimate of drug-likeness (QED) is 0.825. The van der Waals surface area contributed by atoms with Gasteiger partial charge in [0.1, 0.15) is 0 Å². The lowest BCUT2D eigenvalue weighted by Gasteiger charge is -2.12. The highest BCUT2D eigenvalue weighted by Crippen LogP contribution is 2.24. The molecule has 0 heterocycles. The van der Waals surface area contributed by atoms with E-state index in [1.165, 1.54) is 6.92 Å². The van der Waals surface area contributed by atoms with Crippen molar-refractivity contribution in [3.8, 4) is 5.75 Å². The van der Waals surface area contributed by atoms with Crippen LogP contribution in [0.1, 0.15) is 17.3 Å². The van der Waals surface area contributed by atoms with Crippen molar-refractivity contribution >= 4 is 11.9 Å². The summed E-state index contributed by atoms with van der Waals surface area (Å²) in [6, 6.07) is 1.18. The largest absolute Gasteiger partial charge is 0.478 e. The van der Waals surface area contributed by atoms with Crippen LogP contribution >= 0.6 is 0 Å². The number of rotatable bonds is 4. The summed E-state index contributed by atoms with van der Waals surface area (Å²) in [5.74, 6) is -5.63. The predicted octanol–water partition coefficient (Wildman–Crippen LogP) is 0.916. The standard InChI is InChI=1S/C10H9F2NO4/c1-4(9(13)14)17-8-6(11)2-5(10(15)16)3-7(8)12/h2-4H,1H3,(H2,13,14)(H,15,16). The lowest BCUT2D eigenvalue weighted by molar-refractivity contribution is -0.124. The van der Waals surface area contributed by atoms with Gasteiger partial charge in [-0.05, 0) is 19.1 Å². The van der Waals surface area contributed by atoms with Crippen LogP contribution in [0.4, 0.5) is 8.78 Å². The Hall–Kier alpha value is -2.18. The third kappa shape index (κ3) is 2.90. The summed E-state index contributed by atoms with van der Waals surface area (Å²) in [4.78, 5) is 21.2. The number of nitrogens with two attached hydrogens (primary N) is 1. The highest BCUT2D eigenvalue weighted by molar-refractivity contribution is 5.87. The van der Waals surface area contributed by atoms with Crippen molar-refractivity contribution in [1.82, 2.24) is 0 Å². The molecule has 92 valence electrons. The monoisotopic (exact) mass is 245 g/mol. The summed E-state index contributed by atoms with van der Waals surface area (Å²) in [5, 5.41) is 8.55. The molecule has 0 radical (unpaired) electrons. The number of primary amides is 1. The van der Waals surface area contributed by atoms with Crippen LogP contribution in [0.25, 0.3) is 0 Å². The maximum absolute atomic E-state index is 13.3. The molecule has 0 aliphatic heterocycles. The smallest absolute Gasteiger partial charge is 0.335 e. The van der Waals surface area contributed by atoms with Crippen LogP contribution in [-0.2, 0) is 4.79 Å². The summed E-state index contributed by atoms with van der Waals surface area (Å²) in [7, 11) is 0. The van der Waals surface area contributed by atoms with Crippen LogP contribution in [-0.4, -0.2) is 23.1 Å². The zero-order valence-electron chi connectivity index (χ0n) is 8.74. The van der Waals surface area contributed by atoms with E-state index in [2.05, 4.69) is 4.74 Å². The molecule has 0 saturated heterocycles. The number of carboxylic acids is 1. The first-order chi connectivity index (χ1) is 7.82. The van der Waals surface area contributed by atoms with Gasteiger partial charge < -0.3 is 15.6 Å². The second-order valence-corrected chi connectivity index (χ2v) is 3.24. The Bertz CT molecular complexity index is 452. The number of benzene rings is 1. The van der Waals surface area contributed by atoms with Crippen molar-refractivity contribution in [2.24, 2.45) is 5.73 Å². The molecular formula is C10H9F2NO4. The first-order valence-electron chi connectivity index (χ1n) is 4.51. The van der Waals surface area contributed by atoms with Gasteiger partial charge in [-0.2, -0.15) is 0 Å². The number of aromatic carboxylic acids is 1. The molecule has 1 aromatic rings. The molecule has 0 bridgehead atoms. The van der Waals surface area contributed by atoms with Crippen molar-refractivity contribution in [1.29, 1.82) is 0 Å². The minimum absolute atomic E-state index is 0.556. The number of carboxylic acid groups (broad SMARTS) is 1. The summed E-state index contributed by atoms with van der Waals surface area (Å²) < 4.78 is 31.3. The minimum atomic E-state index is -1.47. The van der Waals surface area contributed by atoms with Crippen molar-refractivity contribution in [3.63, 3.8) is 0 Å². The third-order valence-electron chi connectivity index (χ3n) is 1.94. The summed E-state index contributed by atoms with van der Waals surface area (Å²) in [6.45, 7) is 1.21. The number of carbonyl (C=O) groups excluding carboxylic acids is 1. The van der Waals surface area contributed by atoms with Crippen molar-refractivity contribution in [3.05, 3.63) is 29.3 Å². The Labute approximate surface area is 94.8 Å². The van der Waals surface area contributed by atoms with Gasteiger partial charge in [0.15, 0.2) is 23.5 Å². The van der Waals surface area contributed by atoms with E-state index in [0.29, 0.717) is 12.1 Å². The van der Waals surface area contributed by atoms with Crippen LogP contribution in [0, 0.1) is 11.6 Å². The number of hydrogen-bond acceptors (Lipinski definition) is 3. The molecule has 0 aromatic heterocycles. The zero-order valence-corrected chi connectivity index (χ0v) is 8.74. The maximum Gasteiger partial charge on any atom is 0.335 e. The lowest BCUT2D eigenvalue weighted by atomic mass is 10.2. The van der Waals surface area contributed by atoms with E-state index >= 15 is 0 Å². The fourth-order valence-electron chi connectivity index (χ4n) is 1.03. The molecule has 0 fully saturated rings. The molecule has 1 rings (SSSR count). The predicted molar refractivity (Wildman–Crippen MR) is 52.6 cm³/mol. The van der Waals surface area contributed by atoms with E-state index in [-0.39, 0.29) is 0 Å². The third-order valence-corrected chi connectivity index (χ3v) is 1.94.